The lowest BCUT2D eigenvalue weighted by Gasteiger charge is -2.03. The van der Waals surface area contributed by atoms with E-state index >= 15 is 0 Å². The number of aromatic amines is 2. The van der Waals surface area contributed by atoms with E-state index in [0.717, 1.165) is 0 Å². The molecule has 98 valence electrons. The Balaban J connectivity index is 0.00000133. The van der Waals surface area contributed by atoms with Crippen LogP contribution in [0.3, 0.4) is 0 Å². The van der Waals surface area contributed by atoms with Crippen molar-refractivity contribution in [3.8, 4) is 11.4 Å². The summed E-state index contributed by atoms with van der Waals surface area (Å²) in [7, 11) is 0. The predicted octanol–water partition coefficient (Wildman–Crippen LogP) is 1.19. The van der Waals surface area contributed by atoms with Crippen molar-refractivity contribution >= 4 is 34.1 Å². The van der Waals surface area contributed by atoms with Crippen LogP contribution in [0.1, 0.15) is 0 Å². The molecular weight excluding hydrogens is 293 g/mol. The van der Waals surface area contributed by atoms with E-state index in [9.17, 15) is 4.79 Å². The molecule has 0 saturated carbocycles. The number of pyridine rings is 1. The molecule has 0 spiro atoms. The molecule has 0 bridgehead atoms. The van der Waals surface area contributed by atoms with E-state index in [1.54, 1.807) is 12.1 Å². The summed E-state index contributed by atoms with van der Waals surface area (Å²) in [6.45, 7) is 0. The number of H-pyrrole nitrogens is 2. The third-order valence-corrected chi connectivity index (χ3v) is 3.01. The highest BCUT2D eigenvalue weighted by Gasteiger charge is 2.13. The fourth-order valence-electron chi connectivity index (χ4n) is 1.70. The molecule has 3 aromatic rings. The fraction of sp³-hybridized carbons (Fsp3) is 0. The minimum atomic E-state index is -0.255. The highest BCUT2D eigenvalue weighted by molar-refractivity contribution is 6.38. The maximum atomic E-state index is 12.3. The van der Waals surface area contributed by atoms with Crippen LogP contribution in [0, 0.1) is 0 Å². The standard InChI is InChI=1S/C10H5Cl2N5O.H2O/c11-4-1-5-8(7(12)2-4)13-3-6(9(5)18)10-14-16-17-15-10;/h1-3H,(H,13,18)(H,14,15,16,17);1H2. The van der Waals surface area contributed by atoms with Gasteiger partial charge in [0.25, 0.3) is 0 Å². The molecule has 0 unspecified atom stereocenters. The minimum Gasteiger partial charge on any atom is -0.412 e. The second-order valence-corrected chi connectivity index (χ2v) is 4.42. The zero-order valence-corrected chi connectivity index (χ0v) is 10.7. The van der Waals surface area contributed by atoms with Gasteiger partial charge in [0.05, 0.1) is 16.1 Å². The van der Waals surface area contributed by atoms with Crippen LogP contribution in [0.15, 0.2) is 23.1 Å². The van der Waals surface area contributed by atoms with E-state index in [4.69, 9.17) is 23.2 Å². The second-order valence-electron chi connectivity index (χ2n) is 3.58. The van der Waals surface area contributed by atoms with Gasteiger partial charge in [-0.25, -0.2) is 0 Å². The number of rotatable bonds is 1. The van der Waals surface area contributed by atoms with Gasteiger partial charge in [-0.15, -0.1) is 10.2 Å². The first-order valence-electron chi connectivity index (χ1n) is 4.91. The summed E-state index contributed by atoms with van der Waals surface area (Å²) in [4.78, 5) is 15.2. The molecule has 1 aromatic carbocycles. The molecule has 9 heteroatoms. The summed E-state index contributed by atoms with van der Waals surface area (Å²) in [5, 5.41) is 14.4. The summed E-state index contributed by atoms with van der Waals surface area (Å²) < 4.78 is 0. The Hall–Kier alpha value is -1.96. The van der Waals surface area contributed by atoms with Crippen LogP contribution in [-0.2, 0) is 0 Å². The number of tetrazole rings is 1. The van der Waals surface area contributed by atoms with Gasteiger partial charge >= 0.3 is 0 Å². The number of benzene rings is 1. The quantitative estimate of drug-likeness (QED) is 0.701. The van der Waals surface area contributed by atoms with E-state index in [1.165, 1.54) is 6.20 Å². The first-order chi connectivity index (χ1) is 8.66. The van der Waals surface area contributed by atoms with Crippen LogP contribution in [0.4, 0.5) is 0 Å². The normalized spacial score (nSPS) is 10.4. The van der Waals surface area contributed by atoms with Crippen molar-refractivity contribution in [3.05, 3.63) is 38.6 Å². The van der Waals surface area contributed by atoms with Crippen molar-refractivity contribution in [2.24, 2.45) is 0 Å². The summed E-state index contributed by atoms with van der Waals surface area (Å²) in [6, 6.07) is 3.11. The van der Waals surface area contributed by atoms with Crippen molar-refractivity contribution in [2.75, 3.05) is 0 Å². The van der Waals surface area contributed by atoms with E-state index in [0.29, 0.717) is 26.5 Å². The van der Waals surface area contributed by atoms with Gasteiger partial charge in [0, 0.05) is 16.6 Å². The lowest BCUT2D eigenvalue weighted by atomic mass is 10.1. The monoisotopic (exact) mass is 299 g/mol. The lowest BCUT2D eigenvalue weighted by molar-refractivity contribution is 0.824. The average molecular weight is 300 g/mol. The Morgan fingerprint density at radius 2 is 2.00 bits per heavy atom. The van der Waals surface area contributed by atoms with E-state index in [2.05, 4.69) is 25.6 Å². The summed E-state index contributed by atoms with van der Waals surface area (Å²) in [6.07, 6.45) is 1.50. The molecule has 19 heavy (non-hydrogen) atoms. The van der Waals surface area contributed by atoms with Crippen molar-refractivity contribution in [1.29, 1.82) is 0 Å². The third kappa shape index (κ3) is 2.19. The summed E-state index contributed by atoms with van der Waals surface area (Å²) >= 11 is 11.9. The molecule has 0 aliphatic carbocycles. The Kier molecular flexibility index (Phi) is 3.52. The number of aromatic nitrogens is 5. The Morgan fingerprint density at radius 3 is 2.68 bits per heavy atom. The van der Waals surface area contributed by atoms with E-state index < -0.39 is 0 Å². The Morgan fingerprint density at radius 1 is 1.21 bits per heavy atom. The van der Waals surface area contributed by atoms with Crippen LogP contribution >= 0.6 is 23.2 Å². The van der Waals surface area contributed by atoms with Crippen molar-refractivity contribution < 1.29 is 5.48 Å². The fourth-order valence-corrected chi connectivity index (χ4v) is 2.24. The number of nitrogens with zero attached hydrogens (tertiary/aromatic N) is 3. The van der Waals surface area contributed by atoms with Crippen molar-refractivity contribution in [1.82, 2.24) is 25.6 Å². The highest BCUT2D eigenvalue weighted by Crippen LogP contribution is 2.25. The van der Waals surface area contributed by atoms with Gasteiger partial charge in [-0.1, -0.05) is 23.2 Å². The van der Waals surface area contributed by atoms with Gasteiger partial charge in [0.2, 0.25) is 11.3 Å². The van der Waals surface area contributed by atoms with E-state index in [1.807, 2.05) is 0 Å². The number of hydrogen-bond donors (Lipinski definition) is 2. The van der Waals surface area contributed by atoms with E-state index in [-0.39, 0.29) is 16.7 Å². The molecule has 7 nitrogen and oxygen atoms in total. The number of nitrogens with one attached hydrogen (secondary N) is 2. The lowest BCUT2D eigenvalue weighted by Crippen LogP contribution is -2.07. The summed E-state index contributed by atoms with van der Waals surface area (Å²) in [5.74, 6) is 0.217. The molecular formula is C10H7Cl2N5O2. The van der Waals surface area contributed by atoms with Gasteiger partial charge in [-0.2, -0.15) is 5.21 Å². The average Bonchev–Trinajstić information content (AvgIpc) is 2.84. The first kappa shape index (κ1) is 13.5. The molecule has 3 rings (SSSR count). The van der Waals surface area contributed by atoms with Crippen molar-refractivity contribution in [3.63, 3.8) is 0 Å². The molecule has 0 amide bonds. The summed E-state index contributed by atoms with van der Waals surface area (Å²) in [5.41, 5.74) is 0.572. The van der Waals surface area contributed by atoms with Gasteiger partial charge < -0.3 is 10.5 Å². The third-order valence-electron chi connectivity index (χ3n) is 2.49. The van der Waals surface area contributed by atoms with Crippen LogP contribution in [0.25, 0.3) is 22.3 Å². The molecule has 0 radical (unpaired) electrons. The van der Waals surface area contributed by atoms with Gasteiger partial charge in [-0.05, 0) is 17.3 Å². The molecule has 0 aliphatic heterocycles. The Labute approximate surface area is 115 Å². The molecule has 0 aliphatic rings. The number of halogens is 2. The van der Waals surface area contributed by atoms with Crippen LogP contribution < -0.4 is 5.43 Å². The minimum absolute atomic E-state index is 0. The highest BCUT2D eigenvalue weighted by atomic mass is 35.5. The van der Waals surface area contributed by atoms with Crippen LogP contribution in [0.2, 0.25) is 10.0 Å². The molecule has 4 N–H and O–H groups in total. The van der Waals surface area contributed by atoms with Gasteiger partial charge in [0.15, 0.2) is 0 Å². The predicted molar refractivity (Wildman–Crippen MR) is 71.4 cm³/mol. The largest absolute Gasteiger partial charge is 0.412 e. The zero-order chi connectivity index (χ0) is 12.7. The molecule has 2 heterocycles. The maximum absolute atomic E-state index is 12.3. The topological polar surface area (TPSA) is 119 Å². The van der Waals surface area contributed by atoms with Crippen molar-refractivity contribution in [2.45, 2.75) is 0 Å². The van der Waals surface area contributed by atoms with Crippen LogP contribution in [-0.4, -0.2) is 31.1 Å². The smallest absolute Gasteiger partial charge is 0.210 e. The number of hydrogen-bond acceptors (Lipinski definition) is 4. The first-order valence-corrected chi connectivity index (χ1v) is 5.66. The molecule has 0 fully saturated rings. The SMILES string of the molecule is O.O=c1c(-c2nn[nH]n2)c[nH]c2c(Cl)cc(Cl)cc12. The van der Waals surface area contributed by atoms with Gasteiger partial charge in [0.1, 0.15) is 0 Å². The number of fused-ring (bicyclic) bond motifs is 1. The molecule has 0 atom stereocenters. The zero-order valence-electron chi connectivity index (χ0n) is 9.24. The second kappa shape index (κ2) is 4.96. The van der Waals surface area contributed by atoms with Gasteiger partial charge in [-0.3, -0.25) is 4.79 Å². The maximum Gasteiger partial charge on any atom is 0.210 e. The molecule has 2 aromatic heterocycles. The molecule has 0 saturated heterocycles. The Bertz CT molecular complexity index is 784. The van der Waals surface area contributed by atoms with Crippen LogP contribution in [0.5, 0.6) is 0 Å².